The molecule has 1 aliphatic carbocycles. The molecular weight excluding hydrogens is 432 g/mol. The van der Waals surface area contributed by atoms with Crippen LogP contribution in [-0.4, -0.2) is 42.0 Å². The van der Waals surface area contributed by atoms with E-state index in [1.807, 2.05) is 36.4 Å². The van der Waals surface area contributed by atoms with Gasteiger partial charge < -0.3 is 10.3 Å². The van der Waals surface area contributed by atoms with Gasteiger partial charge in [0.05, 0.1) is 22.5 Å². The smallest absolute Gasteiger partial charge is 0.337 e. The van der Waals surface area contributed by atoms with Gasteiger partial charge in [-0.15, -0.1) is 0 Å². The maximum absolute atomic E-state index is 10.8. The van der Waals surface area contributed by atoms with Crippen LogP contribution in [0.5, 0.6) is 0 Å². The van der Waals surface area contributed by atoms with Crippen LogP contribution in [0.4, 0.5) is 0 Å². The fourth-order valence-corrected chi connectivity index (χ4v) is 3.53. The van der Waals surface area contributed by atoms with Crippen molar-refractivity contribution in [1.29, 1.82) is 0 Å². The van der Waals surface area contributed by atoms with Crippen LogP contribution in [0.1, 0.15) is 6.42 Å². The lowest BCUT2D eigenvalue weighted by molar-refractivity contribution is -0.132. The lowest BCUT2D eigenvalue weighted by Crippen LogP contribution is -2.09. The maximum Gasteiger partial charge on any atom is 0.337 e. The maximum atomic E-state index is 10.8. The molecule has 1 aromatic heterocycles. The van der Waals surface area contributed by atoms with Crippen LogP contribution in [0.2, 0.25) is 0 Å². The summed E-state index contributed by atoms with van der Waals surface area (Å²) in [5.41, 5.74) is 4.67. The number of Topliss-reactive ketones (excluding diaryl/α,β-unsaturated/α-hetero) is 1. The minimum Gasteiger partial charge on any atom is -0.478 e. The molecule has 2 aliphatic heterocycles. The minimum absolute atomic E-state index is 0.122. The van der Waals surface area contributed by atoms with Crippen LogP contribution < -0.4 is 0 Å². The minimum atomic E-state index is -1.17. The Morgan fingerprint density at radius 2 is 1.84 bits per heavy atom. The van der Waals surface area contributed by atoms with Gasteiger partial charge in [-0.2, -0.15) is 9.83 Å². The molecule has 0 unspecified atom stereocenters. The summed E-state index contributed by atoms with van der Waals surface area (Å²) in [5, 5.41) is 25.3. The number of ketones is 1. The highest BCUT2D eigenvalue weighted by molar-refractivity contribution is 6.45. The number of hydrogen-bond donors (Lipinski definition) is 3. The van der Waals surface area contributed by atoms with E-state index in [0.717, 1.165) is 32.7 Å². The van der Waals surface area contributed by atoms with Gasteiger partial charge >= 0.3 is 5.97 Å². The van der Waals surface area contributed by atoms with Gasteiger partial charge in [0.2, 0.25) is 0 Å². The number of nitrogens with zero attached hydrogens (tertiary/aromatic N) is 3. The van der Waals surface area contributed by atoms with E-state index >= 15 is 0 Å². The molecule has 0 saturated heterocycles. The van der Waals surface area contributed by atoms with Gasteiger partial charge in [-0.25, -0.2) is 9.78 Å². The zero-order valence-corrected chi connectivity index (χ0v) is 17.3. The number of aliphatic carboxylic acids is 1. The van der Waals surface area contributed by atoms with Gasteiger partial charge in [-0.3, -0.25) is 9.89 Å². The van der Waals surface area contributed by atoms with Gasteiger partial charge in [-0.05, 0) is 23.8 Å². The number of aromatic nitrogens is 4. The quantitative estimate of drug-likeness (QED) is 0.400. The number of benzene rings is 1. The second kappa shape index (κ2) is 8.91. The Labute approximate surface area is 187 Å². The SMILES string of the molecule is O=C(O)C1=C(Cl)C(=O)CC=C1.On1cccc2c(-c3[nH]ncc3-c3ccccc3)cnc1-2. The van der Waals surface area contributed by atoms with Crippen LogP contribution in [0.15, 0.2) is 83.8 Å². The standard InChI is InChI=1S/C16H12N4O.C7H5ClO3/c21-20-8-4-7-12-14(9-17-16(12)20)15-13(10-18-19-15)11-5-2-1-3-6-11;8-6-4(7(10)11)2-1-3-5(6)9/h1-10,21H,(H,18,19);1-2H,3H2,(H,10,11). The van der Waals surface area contributed by atoms with Crippen molar-refractivity contribution in [2.75, 3.05) is 0 Å². The number of carbonyl (C=O) groups is 2. The van der Waals surface area contributed by atoms with E-state index in [2.05, 4.69) is 15.2 Å². The number of H-pyrrole nitrogens is 1. The Bertz CT molecular complexity index is 1320. The van der Waals surface area contributed by atoms with Gasteiger partial charge in [0, 0.05) is 35.5 Å². The molecule has 0 atom stereocenters. The third-order valence-electron chi connectivity index (χ3n) is 4.85. The summed E-state index contributed by atoms with van der Waals surface area (Å²) in [5.74, 6) is -0.980. The highest BCUT2D eigenvalue weighted by Gasteiger charge is 2.20. The molecule has 3 heterocycles. The second-order valence-corrected chi connectivity index (χ2v) is 7.23. The number of hydrogen-bond acceptors (Lipinski definition) is 5. The van der Waals surface area contributed by atoms with E-state index in [-0.39, 0.29) is 22.8 Å². The zero-order chi connectivity index (χ0) is 22.7. The number of pyridine rings is 1. The van der Waals surface area contributed by atoms with E-state index in [1.54, 1.807) is 24.7 Å². The summed E-state index contributed by atoms with van der Waals surface area (Å²) >= 11 is 5.43. The van der Waals surface area contributed by atoms with Crippen LogP contribution in [0.25, 0.3) is 33.8 Å². The van der Waals surface area contributed by atoms with Crippen molar-refractivity contribution in [3.63, 3.8) is 0 Å². The molecule has 8 nitrogen and oxygen atoms in total. The highest BCUT2D eigenvalue weighted by atomic mass is 35.5. The molecule has 0 saturated carbocycles. The first-order valence-corrected chi connectivity index (χ1v) is 9.92. The van der Waals surface area contributed by atoms with E-state index in [0.29, 0.717) is 5.82 Å². The molecule has 2 aromatic rings. The molecule has 32 heavy (non-hydrogen) atoms. The van der Waals surface area contributed by atoms with Crippen molar-refractivity contribution in [2.45, 2.75) is 6.42 Å². The molecule has 3 N–H and O–H groups in total. The van der Waals surface area contributed by atoms with Crippen molar-refractivity contribution in [3.8, 4) is 33.8 Å². The number of aromatic amines is 1. The van der Waals surface area contributed by atoms with Gasteiger partial charge in [0.1, 0.15) is 0 Å². The van der Waals surface area contributed by atoms with Crippen LogP contribution in [-0.2, 0) is 9.59 Å². The molecular formula is C23H17ClN4O4. The Morgan fingerprint density at radius 1 is 1.06 bits per heavy atom. The first-order valence-electron chi connectivity index (χ1n) is 9.54. The van der Waals surface area contributed by atoms with Crippen molar-refractivity contribution in [1.82, 2.24) is 19.9 Å². The zero-order valence-electron chi connectivity index (χ0n) is 16.6. The molecule has 5 rings (SSSR count). The molecule has 0 bridgehead atoms. The number of nitrogens with one attached hydrogen (secondary N) is 1. The number of carboxylic acids is 1. The van der Waals surface area contributed by atoms with E-state index in [1.165, 1.54) is 12.2 Å². The number of allylic oxidation sites excluding steroid dienone is 2. The summed E-state index contributed by atoms with van der Waals surface area (Å²) in [6, 6.07) is 13.8. The number of rotatable bonds is 3. The van der Waals surface area contributed by atoms with E-state index < -0.39 is 5.97 Å². The van der Waals surface area contributed by atoms with E-state index in [9.17, 15) is 14.8 Å². The van der Waals surface area contributed by atoms with Gasteiger partial charge in [0.25, 0.3) is 0 Å². The number of halogens is 1. The average Bonchev–Trinajstić information content (AvgIpc) is 3.44. The van der Waals surface area contributed by atoms with Crippen LogP contribution in [0, 0.1) is 0 Å². The molecule has 0 radical (unpaired) electrons. The Hall–Kier alpha value is -4.17. The van der Waals surface area contributed by atoms with Crippen molar-refractivity contribution in [3.05, 3.63) is 83.8 Å². The van der Waals surface area contributed by atoms with Crippen molar-refractivity contribution < 1.29 is 19.9 Å². The first kappa shape index (κ1) is 21.1. The number of fused-ring (bicyclic) bond motifs is 1. The molecule has 160 valence electrons. The number of carbonyl (C=O) groups excluding carboxylic acids is 1. The van der Waals surface area contributed by atoms with Gasteiger partial charge in [0.15, 0.2) is 11.6 Å². The monoisotopic (exact) mass is 448 g/mol. The lowest BCUT2D eigenvalue weighted by atomic mass is 10.0. The van der Waals surface area contributed by atoms with Crippen molar-refractivity contribution in [2.24, 2.45) is 0 Å². The summed E-state index contributed by atoms with van der Waals surface area (Å²) in [7, 11) is 0. The van der Waals surface area contributed by atoms with Gasteiger partial charge in [-0.1, -0.05) is 48.0 Å². The number of carboxylic acid groups (broad SMARTS) is 1. The third-order valence-corrected chi connectivity index (χ3v) is 5.26. The van der Waals surface area contributed by atoms with Crippen LogP contribution >= 0.6 is 11.6 Å². The normalized spacial score (nSPS) is 13.2. The summed E-state index contributed by atoms with van der Waals surface area (Å²) in [4.78, 5) is 25.4. The van der Waals surface area contributed by atoms with Crippen molar-refractivity contribution >= 4 is 23.4 Å². The Morgan fingerprint density at radius 3 is 2.56 bits per heavy atom. The predicted octanol–water partition coefficient (Wildman–Crippen LogP) is 4.38. The fourth-order valence-electron chi connectivity index (χ4n) is 3.31. The van der Waals surface area contributed by atoms with Crippen LogP contribution in [0.3, 0.4) is 0 Å². The average molecular weight is 449 g/mol. The molecule has 1 aromatic carbocycles. The highest BCUT2D eigenvalue weighted by Crippen LogP contribution is 2.37. The summed E-state index contributed by atoms with van der Waals surface area (Å²) in [6.07, 6.45) is 8.13. The molecule has 9 heteroatoms. The first-order chi connectivity index (χ1) is 15.5. The summed E-state index contributed by atoms with van der Waals surface area (Å²) in [6.45, 7) is 0. The van der Waals surface area contributed by atoms with E-state index in [4.69, 9.17) is 16.7 Å². The second-order valence-electron chi connectivity index (χ2n) is 6.85. The lowest BCUT2D eigenvalue weighted by Gasteiger charge is -2.06. The Kier molecular flexibility index (Phi) is 5.87. The topological polar surface area (TPSA) is 121 Å². The largest absolute Gasteiger partial charge is 0.478 e. The fraction of sp³-hybridized carbons (Fsp3) is 0.0435. The Balaban J connectivity index is 0.000000189. The summed E-state index contributed by atoms with van der Waals surface area (Å²) < 4.78 is 1.03. The molecule has 3 aliphatic rings. The molecule has 0 spiro atoms. The predicted molar refractivity (Wildman–Crippen MR) is 118 cm³/mol. The molecule has 0 amide bonds. The third kappa shape index (κ3) is 4.03. The molecule has 0 fully saturated rings.